The van der Waals surface area contributed by atoms with Gasteiger partial charge < -0.3 is 15.1 Å². The highest BCUT2D eigenvalue weighted by Crippen LogP contribution is 2.22. The summed E-state index contributed by atoms with van der Waals surface area (Å²) in [4.78, 5) is 10.2. The van der Waals surface area contributed by atoms with Crippen molar-refractivity contribution < 1.29 is 10.2 Å². The van der Waals surface area contributed by atoms with Crippen molar-refractivity contribution in [1.82, 2.24) is 9.97 Å². The van der Waals surface area contributed by atoms with Crippen molar-refractivity contribution in [3.63, 3.8) is 0 Å². The van der Waals surface area contributed by atoms with Crippen LogP contribution in [0.1, 0.15) is 0 Å². The van der Waals surface area contributed by atoms with E-state index in [-0.39, 0.29) is 13.2 Å². The standard InChI is InChI=1S/C12H15N3O2S/c16-4-2-15(3-5-17)12-7-11(13-9-14-12)10-1-6-18-8-10/h1,6-9,16-17H,2-5H2. The van der Waals surface area contributed by atoms with Crippen LogP contribution < -0.4 is 4.90 Å². The second-order valence-electron chi connectivity index (χ2n) is 3.71. The van der Waals surface area contributed by atoms with E-state index in [1.165, 1.54) is 6.33 Å². The van der Waals surface area contributed by atoms with Gasteiger partial charge in [-0.25, -0.2) is 9.97 Å². The molecule has 5 nitrogen and oxygen atoms in total. The van der Waals surface area contributed by atoms with Gasteiger partial charge in [0.2, 0.25) is 0 Å². The van der Waals surface area contributed by atoms with E-state index in [1.807, 2.05) is 27.8 Å². The molecule has 0 radical (unpaired) electrons. The third-order valence-corrected chi connectivity index (χ3v) is 3.22. The highest BCUT2D eigenvalue weighted by atomic mass is 32.1. The molecule has 0 amide bonds. The van der Waals surface area contributed by atoms with Crippen LogP contribution in [-0.4, -0.2) is 46.5 Å². The molecule has 2 rings (SSSR count). The SMILES string of the molecule is OCCN(CCO)c1cc(-c2ccsc2)ncn1. The van der Waals surface area contributed by atoms with Crippen LogP contribution in [0.15, 0.2) is 29.2 Å². The molecule has 2 heterocycles. The summed E-state index contributed by atoms with van der Waals surface area (Å²) in [5.74, 6) is 0.717. The maximum Gasteiger partial charge on any atom is 0.132 e. The van der Waals surface area contributed by atoms with Crippen LogP contribution in [0.25, 0.3) is 11.3 Å². The largest absolute Gasteiger partial charge is 0.395 e. The Hall–Kier alpha value is -1.50. The van der Waals surface area contributed by atoms with Crippen molar-refractivity contribution in [3.8, 4) is 11.3 Å². The molecule has 0 aliphatic carbocycles. The first-order chi connectivity index (χ1) is 8.85. The van der Waals surface area contributed by atoms with Crippen LogP contribution in [0, 0.1) is 0 Å². The third kappa shape index (κ3) is 3.04. The van der Waals surface area contributed by atoms with Gasteiger partial charge in [-0.3, -0.25) is 0 Å². The molecule has 0 aromatic carbocycles. The molecule has 2 N–H and O–H groups in total. The Labute approximate surface area is 109 Å². The number of aliphatic hydroxyl groups excluding tert-OH is 2. The molecule has 2 aromatic heterocycles. The topological polar surface area (TPSA) is 69.5 Å². The summed E-state index contributed by atoms with van der Waals surface area (Å²) < 4.78 is 0. The molecule has 96 valence electrons. The van der Waals surface area contributed by atoms with Crippen molar-refractivity contribution in [1.29, 1.82) is 0 Å². The maximum atomic E-state index is 9.01. The molecule has 18 heavy (non-hydrogen) atoms. The first kappa shape index (κ1) is 12.9. The molecule has 0 aliphatic rings. The lowest BCUT2D eigenvalue weighted by Gasteiger charge is -2.21. The lowest BCUT2D eigenvalue weighted by molar-refractivity contribution is 0.280. The second-order valence-corrected chi connectivity index (χ2v) is 4.49. The highest BCUT2D eigenvalue weighted by Gasteiger charge is 2.09. The first-order valence-electron chi connectivity index (χ1n) is 5.66. The van der Waals surface area contributed by atoms with Crippen LogP contribution in [0.5, 0.6) is 0 Å². The molecular formula is C12H15N3O2S. The van der Waals surface area contributed by atoms with Crippen molar-refractivity contribution in [2.45, 2.75) is 0 Å². The van der Waals surface area contributed by atoms with Crippen LogP contribution >= 0.6 is 11.3 Å². The van der Waals surface area contributed by atoms with Crippen molar-refractivity contribution in [2.75, 3.05) is 31.2 Å². The van der Waals surface area contributed by atoms with E-state index < -0.39 is 0 Å². The number of anilines is 1. The predicted molar refractivity (Wildman–Crippen MR) is 71.7 cm³/mol. The number of thiophene rings is 1. The summed E-state index contributed by atoms with van der Waals surface area (Å²) in [5, 5.41) is 22.0. The molecule has 2 aromatic rings. The average molecular weight is 265 g/mol. The zero-order valence-electron chi connectivity index (χ0n) is 9.86. The van der Waals surface area contributed by atoms with Gasteiger partial charge in [-0.2, -0.15) is 11.3 Å². The Morgan fingerprint density at radius 2 is 1.94 bits per heavy atom. The molecule has 0 atom stereocenters. The third-order valence-electron chi connectivity index (χ3n) is 2.53. The zero-order chi connectivity index (χ0) is 12.8. The van der Waals surface area contributed by atoms with Gasteiger partial charge in [0, 0.05) is 30.1 Å². The Bertz CT molecular complexity index is 470. The molecule has 0 bridgehead atoms. The van der Waals surface area contributed by atoms with Gasteiger partial charge in [0.25, 0.3) is 0 Å². The molecule has 0 saturated carbocycles. The van der Waals surface area contributed by atoms with Gasteiger partial charge in [0.1, 0.15) is 12.1 Å². The minimum absolute atomic E-state index is 0.0256. The summed E-state index contributed by atoms with van der Waals surface area (Å²) in [6.07, 6.45) is 1.50. The fourth-order valence-corrected chi connectivity index (χ4v) is 2.32. The summed E-state index contributed by atoms with van der Waals surface area (Å²) >= 11 is 1.62. The van der Waals surface area contributed by atoms with E-state index in [0.717, 1.165) is 11.3 Å². The maximum absolute atomic E-state index is 9.01. The van der Waals surface area contributed by atoms with Gasteiger partial charge in [-0.05, 0) is 11.4 Å². The molecule has 6 heteroatoms. The number of aliphatic hydroxyl groups is 2. The molecule has 0 spiro atoms. The monoisotopic (exact) mass is 265 g/mol. The predicted octanol–water partition coefficient (Wildman–Crippen LogP) is 0.996. The Morgan fingerprint density at radius 1 is 1.17 bits per heavy atom. The van der Waals surface area contributed by atoms with E-state index in [2.05, 4.69) is 9.97 Å². The lowest BCUT2D eigenvalue weighted by atomic mass is 10.2. The number of aromatic nitrogens is 2. The van der Waals surface area contributed by atoms with E-state index in [1.54, 1.807) is 11.3 Å². The van der Waals surface area contributed by atoms with E-state index in [4.69, 9.17) is 10.2 Å². The van der Waals surface area contributed by atoms with Crippen molar-refractivity contribution in [3.05, 3.63) is 29.2 Å². The van der Waals surface area contributed by atoms with Crippen LogP contribution in [0.2, 0.25) is 0 Å². The van der Waals surface area contributed by atoms with Gasteiger partial charge in [0.05, 0.1) is 18.9 Å². The van der Waals surface area contributed by atoms with Gasteiger partial charge in [-0.1, -0.05) is 0 Å². The normalized spacial score (nSPS) is 10.6. The molecule has 0 fully saturated rings. The van der Waals surface area contributed by atoms with E-state index in [9.17, 15) is 0 Å². The molecule has 0 unspecified atom stereocenters. The fourth-order valence-electron chi connectivity index (χ4n) is 1.67. The Balaban J connectivity index is 2.25. The van der Waals surface area contributed by atoms with E-state index >= 15 is 0 Å². The number of hydrogen-bond donors (Lipinski definition) is 2. The zero-order valence-corrected chi connectivity index (χ0v) is 10.7. The summed E-state index contributed by atoms with van der Waals surface area (Å²) in [6, 6.07) is 3.87. The average Bonchev–Trinajstić information content (AvgIpc) is 2.93. The van der Waals surface area contributed by atoms with E-state index in [0.29, 0.717) is 18.9 Å². The number of rotatable bonds is 6. The van der Waals surface area contributed by atoms with Crippen LogP contribution in [-0.2, 0) is 0 Å². The minimum Gasteiger partial charge on any atom is -0.395 e. The van der Waals surface area contributed by atoms with Gasteiger partial charge >= 0.3 is 0 Å². The Morgan fingerprint density at radius 3 is 2.56 bits per heavy atom. The Kier molecular flexibility index (Phi) is 4.63. The quantitative estimate of drug-likeness (QED) is 0.815. The van der Waals surface area contributed by atoms with Crippen molar-refractivity contribution in [2.24, 2.45) is 0 Å². The second kappa shape index (κ2) is 6.44. The smallest absolute Gasteiger partial charge is 0.132 e. The fraction of sp³-hybridized carbons (Fsp3) is 0.333. The van der Waals surface area contributed by atoms with Gasteiger partial charge in [0.15, 0.2) is 0 Å². The summed E-state index contributed by atoms with van der Waals surface area (Å²) in [7, 11) is 0. The summed E-state index contributed by atoms with van der Waals surface area (Å²) in [6.45, 7) is 0.941. The summed E-state index contributed by atoms with van der Waals surface area (Å²) in [5.41, 5.74) is 1.90. The minimum atomic E-state index is 0.0256. The molecular weight excluding hydrogens is 250 g/mol. The molecule has 0 aliphatic heterocycles. The first-order valence-corrected chi connectivity index (χ1v) is 6.60. The molecule has 0 saturated heterocycles. The van der Waals surface area contributed by atoms with Crippen LogP contribution in [0.4, 0.5) is 5.82 Å². The number of hydrogen-bond acceptors (Lipinski definition) is 6. The van der Waals surface area contributed by atoms with Crippen molar-refractivity contribution >= 4 is 17.2 Å². The number of nitrogens with zero attached hydrogens (tertiary/aromatic N) is 3. The highest BCUT2D eigenvalue weighted by molar-refractivity contribution is 7.08. The van der Waals surface area contributed by atoms with Gasteiger partial charge in [-0.15, -0.1) is 0 Å². The van der Waals surface area contributed by atoms with Crippen LogP contribution in [0.3, 0.4) is 0 Å². The lowest BCUT2D eigenvalue weighted by Crippen LogP contribution is -2.30.